The highest BCUT2D eigenvalue weighted by Crippen LogP contribution is 2.36. The van der Waals surface area contributed by atoms with Gasteiger partial charge in [-0.2, -0.15) is 0 Å². The zero-order valence-electron chi connectivity index (χ0n) is 24.3. The van der Waals surface area contributed by atoms with Crippen LogP contribution in [0.2, 0.25) is 0 Å². The number of methoxy groups -OCH3 is 1. The highest BCUT2D eigenvalue weighted by atomic mass is 16.6. The summed E-state index contributed by atoms with van der Waals surface area (Å²) in [5, 5.41) is 0. The fourth-order valence-electron chi connectivity index (χ4n) is 5.19. The Morgan fingerprint density at radius 3 is 1.88 bits per heavy atom. The molecule has 1 atom stereocenters. The molecule has 3 aromatic carbocycles. The van der Waals surface area contributed by atoms with Crippen LogP contribution in [0.1, 0.15) is 78.7 Å². The Bertz CT molecular complexity index is 1220. The molecule has 3 aromatic rings. The van der Waals surface area contributed by atoms with E-state index in [2.05, 4.69) is 62.4 Å². The van der Waals surface area contributed by atoms with Gasteiger partial charge in [-0.25, -0.2) is 4.79 Å². The molecule has 0 radical (unpaired) electrons. The highest BCUT2D eigenvalue weighted by Gasteiger charge is 2.23. The van der Waals surface area contributed by atoms with Crippen molar-refractivity contribution in [2.75, 3.05) is 26.9 Å². The summed E-state index contributed by atoms with van der Waals surface area (Å²) in [5.74, 6) is 0.414. The second-order valence-corrected chi connectivity index (χ2v) is 10.2. The van der Waals surface area contributed by atoms with E-state index in [4.69, 9.17) is 18.9 Å². The number of benzene rings is 3. The van der Waals surface area contributed by atoms with Gasteiger partial charge in [0.1, 0.15) is 18.5 Å². The van der Waals surface area contributed by atoms with Crippen molar-refractivity contribution in [1.82, 2.24) is 0 Å². The number of hydrogen-bond donors (Lipinski definition) is 0. The minimum Gasteiger partial charge on any atom is -0.491 e. The highest BCUT2D eigenvalue weighted by molar-refractivity contribution is 5.77. The van der Waals surface area contributed by atoms with Crippen LogP contribution in [0.5, 0.6) is 5.75 Å². The molecule has 5 heteroatoms. The van der Waals surface area contributed by atoms with Crippen LogP contribution < -0.4 is 4.74 Å². The molecule has 40 heavy (non-hydrogen) atoms. The molecular formula is C35H42O5. The van der Waals surface area contributed by atoms with E-state index in [1.54, 1.807) is 6.92 Å². The van der Waals surface area contributed by atoms with Gasteiger partial charge in [-0.1, -0.05) is 87.4 Å². The van der Waals surface area contributed by atoms with Crippen LogP contribution >= 0.6 is 0 Å². The molecule has 0 fully saturated rings. The second-order valence-electron chi connectivity index (χ2n) is 10.2. The van der Waals surface area contributed by atoms with Crippen molar-refractivity contribution in [2.24, 2.45) is 0 Å². The number of fused-ring (bicyclic) bond motifs is 2. The largest absolute Gasteiger partial charge is 0.491 e. The zero-order chi connectivity index (χ0) is 28.3. The summed E-state index contributed by atoms with van der Waals surface area (Å²) >= 11 is 0. The van der Waals surface area contributed by atoms with E-state index in [1.165, 1.54) is 40.5 Å². The number of esters is 1. The van der Waals surface area contributed by atoms with Gasteiger partial charge < -0.3 is 18.9 Å². The predicted molar refractivity (Wildman–Crippen MR) is 161 cm³/mol. The predicted octanol–water partition coefficient (Wildman–Crippen LogP) is 7.38. The first-order chi connectivity index (χ1) is 19.6. The van der Waals surface area contributed by atoms with Crippen molar-refractivity contribution in [3.63, 3.8) is 0 Å². The van der Waals surface area contributed by atoms with Gasteiger partial charge in [0.15, 0.2) is 6.10 Å². The van der Waals surface area contributed by atoms with Crippen LogP contribution in [0.25, 0.3) is 12.2 Å². The van der Waals surface area contributed by atoms with Crippen molar-refractivity contribution in [3.05, 3.63) is 99.6 Å². The number of hydrogen-bond acceptors (Lipinski definition) is 5. The maximum absolute atomic E-state index is 12.0. The molecule has 1 aliphatic rings. The number of aryl methyl sites for hydroxylation is 2. The molecule has 212 valence electrons. The number of rotatable bonds is 14. The average Bonchev–Trinajstić information content (AvgIpc) is 3.11. The lowest BCUT2D eigenvalue weighted by molar-refractivity contribution is -0.154. The first-order valence-electron chi connectivity index (χ1n) is 14.5. The topological polar surface area (TPSA) is 54.0 Å². The smallest absolute Gasteiger partial charge is 0.335 e. The van der Waals surface area contributed by atoms with Crippen LogP contribution in [0, 0.1) is 0 Å². The minimum absolute atomic E-state index is 0.161. The van der Waals surface area contributed by atoms with Crippen LogP contribution in [0.4, 0.5) is 0 Å². The first-order valence-corrected chi connectivity index (χ1v) is 14.5. The SMILES string of the molecule is CCCc1ccc2c(c1)C=Cc1cc(CCC)ccc1C2OCCOc1ccc(CC(OC)C(=O)OCC)cc1. The summed E-state index contributed by atoms with van der Waals surface area (Å²) in [5.41, 5.74) is 8.51. The Labute approximate surface area is 239 Å². The molecule has 0 aromatic heterocycles. The summed E-state index contributed by atoms with van der Waals surface area (Å²) in [7, 11) is 1.52. The Kier molecular flexibility index (Phi) is 11.0. The quantitative estimate of drug-likeness (QED) is 0.157. The molecule has 1 unspecified atom stereocenters. The fourth-order valence-corrected chi connectivity index (χ4v) is 5.19. The Morgan fingerprint density at radius 2 is 1.35 bits per heavy atom. The Hall–Kier alpha value is -3.41. The number of ether oxygens (including phenoxy) is 4. The lowest BCUT2D eigenvalue weighted by Crippen LogP contribution is -2.27. The monoisotopic (exact) mass is 542 g/mol. The molecule has 0 saturated carbocycles. The van der Waals surface area contributed by atoms with E-state index < -0.39 is 6.10 Å². The summed E-state index contributed by atoms with van der Waals surface area (Å²) in [6, 6.07) is 21.3. The van der Waals surface area contributed by atoms with Crippen LogP contribution in [-0.4, -0.2) is 39.0 Å². The molecule has 1 aliphatic carbocycles. The third-order valence-electron chi connectivity index (χ3n) is 7.20. The average molecular weight is 543 g/mol. The van der Waals surface area contributed by atoms with Gasteiger partial charge >= 0.3 is 5.97 Å². The van der Waals surface area contributed by atoms with Gasteiger partial charge in [-0.15, -0.1) is 0 Å². The van der Waals surface area contributed by atoms with E-state index in [1.807, 2.05) is 24.3 Å². The number of carbonyl (C=O) groups excluding carboxylic acids is 1. The van der Waals surface area contributed by atoms with E-state index in [0.717, 1.165) is 37.0 Å². The van der Waals surface area contributed by atoms with E-state index in [-0.39, 0.29) is 12.1 Å². The number of carbonyl (C=O) groups is 1. The normalized spacial score (nSPS) is 13.3. The van der Waals surface area contributed by atoms with Gasteiger partial charge in [0, 0.05) is 13.5 Å². The summed E-state index contributed by atoms with van der Waals surface area (Å²) < 4.78 is 22.9. The molecule has 4 rings (SSSR count). The van der Waals surface area contributed by atoms with Gasteiger partial charge in [-0.05, 0) is 70.8 Å². The molecule has 0 spiro atoms. The minimum atomic E-state index is -0.615. The van der Waals surface area contributed by atoms with E-state index >= 15 is 0 Å². The molecule has 0 bridgehead atoms. The lowest BCUT2D eigenvalue weighted by Gasteiger charge is -2.22. The van der Waals surface area contributed by atoms with Gasteiger partial charge in [-0.3, -0.25) is 0 Å². The van der Waals surface area contributed by atoms with Crippen LogP contribution in [0.15, 0.2) is 60.7 Å². The Morgan fingerprint density at radius 1 is 0.775 bits per heavy atom. The lowest BCUT2D eigenvalue weighted by atomic mass is 9.93. The summed E-state index contributed by atoms with van der Waals surface area (Å²) in [6.45, 7) is 7.43. The van der Waals surface area contributed by atoms with Crippen molar-refractivity contribution >= 4 is 18.1 Å². The maximum atomic E-state index is 12.0. The Balaban J connectivity index is 1.42. The summed E-state index contributed by atoms with van der Waals surface area (Å²) in [4.78, 5) is 12.0. The van der Waals surface area contributed by atoms with Gasteiger partial charge in [0.2, 0.25) is 0 Å². The molecule has 0 amide bonds. The standard InChI is InChI=1S/C35H42O5/c1-5-8-25-12-18-31-28(22-25)14-15-29-23-26(9-6-2)13-19-32(29)34(31)40-21-20-39-30-16-10-27(11-17-30)24-33(37-4)35(36)38-7-3/h10-19,22-23,33-34H,5-9,20-21,24H2,1-4H3. The molecule has 0 saturated heterocycles. The van der Waals surface area contributed by atoms with Crippen molar-refractivity contribution in [1.29, 1.82) is 0 Å². The molecule has 0 N–H and O–H groups in total. The van der Waals surface area contributed by atoms with Crippen molar-refractivity contribution < 1.29 is 23.7 Å². The molecular weight excluding hydrogens is 500 g/mol. The van der Waals surface area contributed by atoms with Crippen LogP contribution in [-0.2, 0) is 38.3 Å². The van der Waals surface area contributed by atoms with Gasteiger partial charge in [0.25, 0.3) is 0 Å². The molecule has 5 nitrogen and oxygen atoms in total. The summed E-state index contributed by atoms with van der Waals surface area (Å²) in [6.07, 6.45) is 8.54. The third-order valence-corrected chi connectivity index (χ3v) is 7.20. The molecule has 0 heterocycles. The van der Waals surface area contributed by atoms with E-state index in [0.29, 0.717) is 26.2 Å². The zero-order valence-corrected chi connectivity index (χ0v) is 24.3. The maximum Gasteiger partial charge on any atom is 0.335 e. The van der Waals surface area contributed by atoms with Gasteiger partial charge in [0.05, 0.1) is 13.2 Å². The van der Waals surface area contributed by atoms with E-state index in [9.17, 15) is 4.79 Å². The van der Waals surface area contributed by atoms with Crippen molar-refractivity contribution in [2.45, 2.75) is 65.1 Å². The fraction of sp³-hybridized carbons (Fsp3) is 0.400. The molecule has 0 aliphatic heterocycles. The van der Waals surface area contributed by atoms with Crippen molar-refractivity contribution in [3.8, 4) is 5.75 Å². The van der Waals surface area contributed by atoms with Crippen LogP contribution in [0.3, 0.4) is 0 Å². The second kappa shape index (κ2) is 14.8. The first kappa shape index (κ1) is 29.6. The third kappa shape index (κ3) is 7.61.